The standard InChI is InChI=1S/C18H22N4O3/c1-3-25-16-9-5-4-7-14(16)18(24)22-10-6-8-15(22)17(23)20-13-11-19-21(2)12-13/h4-5,7,9,11-12,15H,3,6,8,10H2,1-2H3,(H,20,23)/t15-/m0/s1. The molecule has 2 amide bonds. The minimum absolute atomic E-state index is 0.173. The number of likely N-dealkylation sites (tertiary alicyclic amines) is 1. The Bertz CT molecular complexity index is 771. The number of para-hydroxylation sites is 1. The highest BCUT2D eigenvalue weighted by molar-refractivity contribution is 6.02. The number of rotatable bonds is 5. The Labute approximate surface area is 146 Å². The molecule has 1 aliphatic heterocycles. The number of carbonyl (C=O) groups excluding carboxylic acids is 2. The summed E-state index contributed by atoms with van der Waals surface area (Å²) in [5, 5.41) is 6.87. The Morgan fingerprint density at radius 1 is 1.36 bits per heavy atom. The van der Waals surface area contributed by atoms with E-state index < -0.39 is 6.04 Å². The lowest BCUT2D eigenvalue weighted by Gasteiger charge is -2.24. The molecule has 2 aromatic rings. The first-order valence-electron chi connectivity index (χ1n) is 8.42. The number of hydrogen-bond acceptors (Lipinski definition) is 4. The first-order chi connectivity index (χ1) is 12.1. The van der Waals surface area contributed by atoms with Crippen LogP contribution in [-0.4, -0.2) is 45.7 Å². The fraction of sp³-hybridized carbons (Fsp3) is 0.389. The number of anilines is 1. The highest BCUT2D eigenvalue weighted by Crippen LogP contribution is 2.26. The van der Waals surface area contributed by atoms with E-state index in [0.717, 1.165) is 6.42 Å². The maximum absolute atomic E-state index is 13.0. The molecule has 1 aliphatic rings. The molecule has 0 bridgehead atoms. The molecule has 25 heavy (non-hydrogen) atoms. The van der Waals surface area contributed by atoms with Crippen molar-refractivity contribution in [1.82, 2.24) is 14.7 Å². The Hall–Kier alpha value is -2.83. The van der Waals surface area contributed by atoms with Crippen LogP contribution in [0.5, 0.6) is 5.75 Å². The third-order valence-electron chi connectivity index (χ3n) is 4.21. The number of nitrogens with one attached hydrogen (secondary N) is 1. The van der Waals surface area contributed by atoms with Gasteiger partial charge >= 0.3 is 0 Å². The van der Waals surface area contributed by atoms with E-state index in [2.05, 4.69) is 10.4 Å². The van der Waals surface area contributed by atoms with Crippen LogP contribution in [0.3, 0.4) is 0 Å². The molecule has 3 rings (SSSR count). The van der Waals surface area contributed by atoms with Crippen LogP contribution in [0.1, 0.15) is 30.1 Å². The molecule has 0 radical (unpaired) electrons. The van der Waals surface area contributed by atoms with Crippen LogP contribution < -0.4 is 10.1 Å². The molecule has 1 aromatic heterocycles. The second kappa shape index (κ2) is 7.38. The third kappa shape index (κ3) is 3.65. The van der Waals surface area contributed by atoms with E-state index in [0.29, 0.717) is 36.6 Å². The number of carbonyl (C=O) groups is 2. The van der Waals surface area contributed by atoms with Crippen molar-refractivity contribution in [3.8, 4) is 5.75 Å². The maximum atomic E-state index is 13.0. The average Bonchev–Trinajstić information content (AvgIpc) is 3.24. The van der Waals surface area contributed by atoms with Gasteiger partial charge in [0.25, 0.3) is 5.91 Å². The molecular weight excluding hydrogens is 320 g/mol. The zero-order valence-corrected chi connectivity index (χ0v) is 14.4. The van der Waals surface area contributed by atoms with Gasteiger partial charge in [-0.15, -0.1) is 0 Å². The number of amides is 2. The molecule has 1 N–H and O–H groups in total. The van der Waals surface area contributed by atoms with Gasteiger partial charge in [-0.05, 0) is 31.9 Å². The van der Waals surface area contributed by atoms with Crippen molar-refractivity contribution in [2.24, 2.45) is 7.05 Å². The van der Waals surface area contributed by atoms with Crippen molar-refractivity contribution in [1.29, 1.82) is 0 Å². The van der Waals surface area contributed by atoms with E-state index in [4.69, 9.17) is 4.74 Å². The van der Waals surface area contributed by atoms with Crippen molar-refractivity contribution >= 4 is 17.5 Å². The lowest BCUT2D eigenvalue weighted by atomic mass is 10.1. The van der Waals surface area contributed by atoms with Crippen LogP contribution in [0.15, 0.2) is 36.7 Å². The molecule has 0 unspecified atom stereocenters. The molecule has 0 saturated carbocycles. The second-order valence-corrected chi connectivity index (χ2v) is 5.98. The van der Waals surface area contributed by atoms with E-state index in [-0.39, 0.29) is 11.8 Å². The van der Waals surface area contributed by atoms with Gasteiger partial charge in [0, 0.05) is 19.8 Å². The molecule has 1 fully saturated rings. The summed E-state index contributed by atoms with van der Waals surface area (Å²) < 4.78 is 7.17. The van der Waals surface area contributed by atoms with Gasteiger partial charge in [-0.1, -0.05) is 12.1 Å². The highest BCUT2D eigenvalue weighted by Gasteiger charge is 2.35. The summed E-state index contributed by atoms with van der Waals surface area (Å²) in [4.78, 5) is 27.2. The molecule has 7 nitrogen and oxygen atoms in total. The minimum atomic E-state index is -0.484. The van der Waals surface area contributed by atoms with Crippen molar-refractivity contribution < 1.29 is 14.3 Å². The SMILES string of the molecule is CCOc1ccccc1C(=O)N1CCC[C@H]1C(=O)Nc1cnn(C)c1. The molecule has 0 aliphatic carbocycles. The fourth-order valence-corrected chi connectivity index (χ4v) is 3.07. The molecule has 2 heterocycles. The minimum Gasteiger partial charge on any atom is -0.493 e. The number of aromatic nitrogens is 2. The summed E-state index contributed by atoms with van der Waals surface area (Å²) in [6.07, 6.45) is 4.76. The monoisotopic (exact) mass is 342 g/mol. The molecular formula is C18H22N4O3. The van der Waals surface area contributed by atoms with E-state index >= 15 is 0 Å². The van der Waals surface area contributed by atoms with Crippen LogP contribution in [-0.2, 0) is 11.8 Å². The summed E-state index contributed by atoms with van der Waals surface area (Å²) >= 11 is 0. The van der Waals surface area contributed by atoms with Gasteiger partial charge in [-0.2, -0.15) is 5.10 Å². The summed E-state index contributed by atoms with van der Waals surface area (Å²) in [5.74, 6) is 0.189. The summed E-state index contributed by atoms with van der Waals surface area (Å²) in [7, 11) is 1.78. The second-order valence-electron chi connectivity index (χ2n) is 5.98. The van der Waals surface area contributed by atoms with E-state index in [1.54, 1.807) is 47.2 Å². The van der Waals surface area contributed by atoms with Crippen LogP contribution in [0.25, 0.3) is 0 Å². The highest BCUT2D eigenvalue weighted by atomic mass is 16.5. The van der Waals surface area contributed by atoms with Gasteiger partial charge in [0.15, 0.2) is 0 Å². The van der Waals surface area contributed by atoms with Crippen molar-refractivity contribution in [3.63, 3.8) is 0 Å². The molecule has 1 saturated heterocycles. The molecule has 1 atom stereocenters. The first-order valence-corrected chi connectivity index (χ1v) is 8.42. The van der Waals surface area contributed by atoms with Crippen molar-refractivity contribution in [2.45, 2.75) is 25.8 Å². The lowest BCUT2D eigenvalue weighted by Crippen LogP contribution is -2.43. The van der Waals surface area contributed by atoms with Crippen molar-refractivity contribution in [2.75, 3.05) is 18.5 Å². The smallest absolute Gasteiger partial charge is 0.258 e. The van der Waals surface area contributed by atoms with Gasteiger partial charge in [-0.25, -0.2) is 0 Å². The molecule has 1 aromatic carbocycles. The quantitative estimate of drug-likeness (QED) is 0.902. The first kappa shape index (κ1) is 17.0. The van der Waals surface area contributed by atoms with Crippen LogP contribution in [0.4, 0.5) is 5.69 Å². The number of benzene rings is 1. The van der Waals surface area contributed by atoms with Gasteiger partial charge < -0.3 is 15.0 Å². The summed E-state index contributed by atoms with van der Waals surface area (Å²) in [5.41, 5.74) is 1.12. The summed E-state index contributed by atoms with van der Waals surface area (Å²) in [6.45, 7) is 2.92. The van der Waals surface area contributed by atoms with E-state index in [1.807, 2.05) is 13.0 Å². The number of hydrogen-bond donors (Lipinski definition) is 1. The Kier molecular flexibility index (Phi) is 5.02. The van der Waals surface area contributed by atoms with Crippen LogP contribution in [0.2, 0.25) is 0 Å². The Morgan fingerprint density at radius 2 is 2.16 bits per heavy atom. The zero-order valence-electron chi connectivity index (χ0n) is 14.4. The van der Waals surface area contributed by atoms with Crippen LogP contribution >= 0.6 is 0 Å². The van der Waals surface area contributed by atoms with Crippen molar-refractivity contribution in [3.05, 3.63) is 42.2 Å². The van der Waals surface area contributed by atoms with Gasteiger partial charge in [0.2, 0.25) is 5.91 Å². The number of aryl methyl sites for hydroxylation is 1. The third-order valence-corrected chi connectivity index (χ3v) is 4.21. The normalized spacial score (nSPS) is 16.7. The average molecular weight is 342 g/mol. The maximum Gasteiger partial charge on any atom is 0.258 e. The van der Waals surface area contributed by atoms with E-state index in [1.165, 1.54) is 0 Å². The molecule has 0 spiro atoms. The largest absolute Gasteiger partial charge is 0.493 e. The Morgan fingerprint density at radius 3 is 2.88 bits per heavy atom. The van der Waals surface area contributed by atoms with Gasteiger partial charge in [0.05, 0.1) is 24.1 Å². The number of nitrogens with zero attached hydrogens (tertiary/aromatic N) is 3. The Balaban J connectivity index is 1.77. The predicted octanol–water partition coefficient (Wildman–Crippen LogP) is 2.06. The van der Waals surface area contributed by atoms with Crippen LogP contribution in [0, 0.1) is 0 Å². The van der Waals surface area contributed by atoms with E-state index in [9.17, 15) is 9.59 Å². The topological polar surface area (TPSA) is 76.5 Å². The van der Waals surface area contributed by atoms with Gasteiger partial charge in [-0.3, -0.25) is 14.3 Å². The summed E-state index contributed by atoms with van der Waals surface area (Å²) in [6, 6.07) is 6.66. The zero-order chi connectivity index (χ0) is 17.8. The molecule has 132 valence electrons. The molecule has 7 heteroatoms. The predicted molar refractivity (Wildman–Crippen MR) is 93.5 cm³/mol. The number of ether oxygens (including phenoxy) is 1. The van der Waals surface area contributed by atoms with Gasteiger partial charge in [0.1, 0.15) is 11.8 Å². The fourth-order valence-electron chi connectivity index (χ4n) is 3.07. The lowest BCUT2D eigenvalue weighted by molar-refractivity contribution is -0.119.